The number of carbonyl (C=O) groups excluding carboxylic acids is 1. The number of nitrogens with zero attached hydrogens (tertiary/aromatic N) is 7. The number of carbonyl (C=O) groups is 1. The van der Waals surface area contributed by atoms with Gasteiger partial charge in [-0.25, -0.2) is 9.78 Å². The highest BCUT2D eigenvalue weighted by Gasteiger charge is 2.16. The molecule has 3 aromatic heterocycles. The summed E-state index contributed by atoms with van der Waals surface area (Å²) in [6.45, 7) is 7.94. The Kier molecular flexibility index (Phi) is 8.14. The van der Waals surface area contributed by atoms with Crippen molar-refractivity contribution in [3.63, 3.8) is 0 Å². The fourth-order valence-electron chi connectivity index (χ4n) is 4.02. The molecule has 0 fully saturated rings. The number of amides is 1. The Bertz CT molecular complexity index is 1490. The third-order valence-electron chi connectivity index (χ3n) is 6.25. The van der Waals surface area contributed by atoms with Gasteiger partial charge in [0.2, 0.25) is 0 Å². The van der Waals surface area contributed by atoms with Gasteiger partial charge >= 0.3 is 5.69 Å². The number of rotatable bonds is 10. The first-order valence-corrected chi connectivity index (χ1v) is 12.3. The predicted molar refractivity (Wildman–Crippen MR) is 140 cm³/mol. The van der Waals surface area contributed by atoms with Gasteiger partial charge in [-0.15, -0.1) is 10.2 Å². The van der Waals surface area contributed by atoms with Crippen molar-refractivity contribution >= 4 is 17.1 Å². The first kappa shape index (κ1) is 25.8. The van der Waals surface area contributed by atoms with Gasteiger partial charge in [0, 0.05) is 37.1 Å². The Balaban J connectivity index is 1.55. The van der Waals surface area contributed by atoms with Crippen LogP contribution in [0.1, 0.15) is 36.2 Å². The van der Waals surface area contributed by atoms with Crippen molar-refractivity contribution < 1.29 is 4.79 Å². The van der Waals surface area contributed by atoms with E-state index in [4.69, 9.17) is 0 Å². The number of hydrogen-bond acceptors (Lipinski definition) is 8. The summed E-state index contributed by atoms with van der Waals surface area (Å²) >= 11 is 0. The Hall–Kier alpha value is -4.25. The van der Waals surface area contributed by atoms with Crippen LogP contribution in [0.2, 0.25) is 0 Å². The van der Waals surface area contributed by atoms with E-state index >= 15 is 0 Å². The molecule has 0 saturated carbocycles. The van der Waals surface area contributed by atoms with Gasteiger partial charge in [-0.2, -0.15) is 0 Å². The third kappa shape index (κ3) is 5.78. The number of pyridine rings is 1. The molecule has 0 aliphatic rings. The van der Waals surface area contributed by atoms with Crippen LogP contribution in [0.4, 0.5) is 0 Å². The molecule has 0 radical (unpaired) electrons. The van der Waals surface area contributed by atoms with Gasteiger partial charge in [0.25, 0.3) is 11.5 Å². The lowest BCUT2D eigenvalue weighted by Gasteiger charge is -2.17. The quantitative estimate of drug-likeness (QED) is 0.323. The van der Waals surface area contributed by atoms with Crippen molar-refractivity contribution in [3.05, 3.63) is 80.8 Å². The maximum atomic E-state index is 12.8. The van der Waals surface area contributed by atoms with E-state index in [2.05, 4.69) is 44.2 Å². The molecule has 11 nitrogen and oxygen atoms in total. The maximum absolute atomic E-state index is 12.8. The van der Waals surface area contributed by atoms with Crippen molar-refractivity contribution in [3.8, 4) is 11.4 Å². The summed E-state index contributed by atoms with van der Waals surface area (Å²) < 4.78 is 2.36. The molecule has 0 atom stereocenters. The molecule has 0 aliphatic carbocycles. The van der Waals surface area contributed by atoms with E-state index in [0.717, 1.165) is 36.2 Å². The lowest BCUT2D eigenvalue weighted by molar-refractivity contribution is 0.0952. The standard InChI is InChI=1S/C26H30N8O3/c1-4-33(5-2)15-7-14-28-24(35)20-11-9-19(10-12-20)22-29-21-23(31-30-22)34(26(37)32(3)25(21)36)17-18-8-6-13-27-16-18/h6,8-13,16H,4-5,7,14-15,17H2,1-3H3,(H,28,35). The molecule has 0 unspecified atom stereocenters. The molecule has 192 valence electrons. The molecule has 0 saturated heterocycles. The summed E-state index contributed by atoms with van der Waals surface area (Å²) in [7, 11) is 1.40. The summed E-state index contributed by atoms with van der Waals surface area (Å²) in [6, 6.07) is 10.4. The first-order chi connectivity index (χ1) is 17.9. The molecule has 1 amide bonds. The molecule has 3 heterocycles. The molecular weight excluding hydrogens is 472 g/mol. The molecule has 0 spiro atoms. The summed E-state index contributed by atoms with van der Waals surface area (Å²) in [6.07, 6.45) is 4.16. The molecule has 1 N–H and O–H groups in total. The van der Waals surface area contributed by atoms with Gasteiger partial charge < -0.3 is 10.2 Å². The van der Waals surface area contributed by atoms with E-state index in [1.807, 2.05) is 6.07 Å². The fraction of sp³-hybridized carbons (Fsp3) is 0.346. The third-order valence-corrected chi connectivity index (χ3v) is 6.25. The Morgan fingerprint density at radius 2 is 1.81 bits per heavy atom. The van der Waals surface area contributed by atoms with E-state index < -0.39 is 11.2 Å². The lowest BCUT2D eigenvalue weighted by Crippen LogP contribution is -2.39. The average molecular weight is 503 g/mol. The summed E-state index contributed by atoms with van der Waals surface area (Å²) in [5, 5.41) is 11.3. The highest BCUT2D eigenvalue weighted by Crippen LogP contribution is 2.16. The van der Waals surface area contributed by atoms with Crippen LogP contribution in [-0.2, 0) is 13.6 Å². The zero-order valence-electron chi connectivity index (χ0n) is 21.2. The van der Waals surface area contributed by atoms with E-state index in [0.29, 0.717) is 17.7 Å². The summed E-state index contributed by atoms with van der Waals surface area (Å²) in [5.74, 6) is 0.0688. The molecule has 1 aromatic carbocycles. The van der Waals surface area contributed by atoms with Crippen LogP contribution in [0, 0.1) is 0 Å². The Morgan fingerprint density at radius 3 is 2.49 bits per heavy atom. The van der Waals surface area contributed by atoms with Crippen molar-refractivity contribution in [2.75, 3.05) is 26.2 Å². The Morgan fingerprint density at radius 1 is 1.05 bits per heavy atom. The molecule has 0 aliphatic heterocycles. The second-order valence-electron chi connectivity index (χ2n) is 8.62. The number of hydrogen-bond donors (Lipinski definition) is 1. The lowest BCUT2D eigenvalue weighted by atomic mass is 10.1. The van der Waals surface area contributed by atoms with Crippen LogP contribution >= 0.6 is 0 Å². The summed E-state index contributed by atoms with van der Waals surface area (Å²) in [4.78, 5) is 48.9. The smallest absolute Gasteiger partial charge is 0.332 e. The second kappa shape index (κ2) is 11.7. The zero-order chi connectivity index (χ0) is 26.4. The minimum atomic E-state index is -0.556. The van der Waals surface area contributed by atoms with Crippen LogP contribution in [0.3, 0.4) is 0 Å². The van der Waals surface area contributed by atoms with Gasteiger partial charge in [-0.3, -0.25) is 23.7 Å². The number of aromatic nitrogens is 6. The molecule has 0 bridgehead atoms. The van der Waals surface area contributed by atoms with Crippen LogP contribution in [0.25, 0.3) is 22.6 Å². The van der Waals surface area contributed by atoms with Crippen LogP contribution < -0.4 is 16.6 Å². The van der Waals surface area contributed by atoms with Gasteiger partial charge in [-0.05, 0) is 49.8 Å². The van der Waals surface area contributed by atoms with Gasteiger partial charge in [0.05, 0.1) is 6.54 Å². The molecule has 4 aromatic rings. The maximum Gasteiger partial charge on any atom is 0.332 e. The van der Waals surface area contributed by atoms with Crippen LogP contribution in [0.5, 0.6) is 0 Å². The SMILES string of the molecule is CCN(CC)CCCNC(=O)c1ccc(-c2nnc3c(n2)c(=O)n(C)c(=O)n3Cc2cccnc2)cc1. The fourth-order valence-corrected chi connectivity index (χ4v) is 4.02. The zero-order valence-corrected chi connectivity index (χ0v) is 21.2. The minimum absolute atomic E-state index is 0.0333. The van der Waals surface area contributed by atoms with Crippen molar-refractivity contribution in [2.24, 2.45) is 7.05 Å². The highest BCUT2D eigenvalue weighted by molar-refractivity contribution is 5.94. The largest absolute Gasteiger partial charge is 0.352 e. The average Bonchev–Trinajstić information content (AvgIpc) is 2.94. The first-order valence-electron chi connectivity index (χ1n) is 12.3. The predicted octanol–water partition coefficient (Wildman–Crippen LogP) is 1.46. The molecular formula is C26H30N8O3. The molecule has 4 rings (SSSR count). The summed E-state index contributed by atoms with van der Waals surface area (Å²) in [5.41, 5.74) is 0.947. The van der Waals surface area contributed by atoms with Crippen LogP contribution in [0.15, 0.2) is 58.4 Å². The topological polar surface area (TPSA) is 128 Å². The van der Waals surface area contributed by atoms with Crippen molar-refractivity contribution in [1.29, 1.82) is 0 Å². The highest BCUT2D eigenvalue weighted by atomic mass is 16.2. The Labute approximate surface area is 213 Å². The van der Waals surface area contributed by atoms with Crippen molar-refractivity contribution in [1.82, 2.24) is 39.5 Å². The normalized spacial score (nSPS) is 11.2. The minimum Gasteiger partial charge on any atom is -0.352 e. The van der Waals surface area contributed by atoms with Gasteiger partial charge in [0.15, 0.2) is 17.0 Å². The monoisotopic (exact) mass is 502 g/mol. The van der Waals surface area contributed by atoms with E-state index in [-0.39, 0.29) is 29.4 Å². The van der Waals surface area contributed by atoms with E-state index in [1.54, 1.807) is 42.7 Å². The number of fused-ring (bicyclic) bond motifs is 1. The number of benzene rings is 1. The van der Waals surface area contributed by atoms with Gasteiger partial charge in [-0.1, -0.05) is 32.0 Å². The second-order valence-corrected chi connectivity index (χ2v) is 8.62. The van der Waals surface area contributed by atoms with Crippen LogP contribution in [-0.4, -0.2) is 66.3 Å². The van der Waals surface area contributed by atoms with Crippen molar-refractivity contribution in [2.45, 2.75) is 26.8 Å². The van der Waals surface area contributed by atoms with E-state index in [9.17, 15) is 14.4 Å². The van der Waals surface area contributed by atoms with Gasteiger partial charge in [0.1, 0.15) is 0 Å². The molecule has 37 heavy (non-hydrogen) atoms. The van der Waals surface area contributed by atoms with E-state index in [1.165, 1.54) is 11.6 Å². The molecule has 11 heteroatoms. The number of nitrogens with one attached hydrogen (secondary N) is 1.